The standard InChI is InChI=1S/C11H7ClN4O2S/c12-5-1-2-6-8(3-5)19-11(13-6)14-10(18)7-4-9(17)16-15-7/h1-4H,(H,13,14,18)(H2,15,16,17). The zero-order valence-electron chi connectivity index (χ0n) is 9.36. The zero-order valence-corrected chi connectivity index (χ0v) is 10.9. The highest BCUT2D eigenvalue weighted by atomic mass is 35.5. The van der Waals surface area contributed by atoms with E-state index in [-0.39, 0.29) is 11.3 Å². The highest BCUT2D eigenvalue weighted by Crippen LogP contribution is 2.28. The van der Waals surface area contributed by atoms with Crippen LogP contribution in [0.1, 0.15) is 10.5 Å². The molecule has 3 N–H and O–H groups in total. The molecule has 0 radical (unpaired) electrons. The number of carbonyl (C=O) groups excluding carboxylic acids is 1. The van der Waals surface area contributed by atoms with E-state index >= 15 is 0 Å². The van der Waals surface area contributed by atoms with Gasteiger partial charge in [-0.05, 0) is 18.2 Å². The van der Waals surface area contributed by atoms with Crippen molar-refractivity contribution in [1.29, 1.82) is 0 Å². The van der Waals surface area contributed by atoms with Gasteiger partial charge in [0, 0.05) is 11.1 Å². The van der Waals surface area contributed by atoms with Crippen LogP contribution in [-0.2, 0) is 0 Å². The van der Waals surface area contributed by atoms with Crippen LogP contribution in [0.15, 0.2) is 29.1 Å². The molecule has 0 saturated heterocycles. The molecule has 0 aliphatic heterocycles. The summed E-state index contributed by atoms with van der Waals surface area (Å²) in [6, 6.07) is 6.47. The maximum Gasteiger partial charge on any atom is 0.275 e. The molecule has 1 amide bonds. The number of benzene rings is 1. The van der Waals surface area contributed by atoms with Gasteiger partial charge in [-0.1, -0.05) is 22.9 Å². The minimum absolute atomic E-state index is 0.155. The number of halogens is 1. The van der Waals surface area contributed by atoms with Crippen molar-refractivity contribution < 1.29 is 4.79 Å². The molecule has 0 atom stereocenters. The summed E-state index contributed by atoms with van der Waals surface area (Å²) in [6.45, 7) is 0. The van der Waals surface area contributed by atoms with Crippen LogP contribution in [0.5, 0.6) is 0 Å². The molecule has 8 heteroatoms. The molecule has 3 aromatic rings. The minimum Gasteiger partial charge on any atom is -0.296 e. The van der Waals surface area contributed by atoms with Crippen LogP contribution in [0, 0.1) is 0 Å². The summed E-state index contributed by atoms with van der Waals surface area (Å²) in [7, 11) is 0. The molecule has 0 unspecified atom stereocenters. The number of aromatic nitrogens is 3. The average molecular weight is 295 g/mol. The van der Waals surface area contributed by atoms with Crippen molar-refractivity contribution in [3.8, 4) is 0 Å². The molecule has 0 spiro atoms. The number of anilines is 1. The first-order valence-electron chi connectivity index (χ1n) is 5.27. The second-order valence-corrected chi connectivity index (χ2v) is 5.22. The first-order chi connectivity index (χ1) is 9.11. The van der Waals surface area contributed by atoms with Crippen molar-refractivity contribution in [3.63, 3.8) is 0 Å². The first-order valence-corrected chi connectivity index (χ1v) is 6.46. The van der Waals surface area contributed by atoms with E-state index in [1.165, 1.54) is 17.4 Å². The van der Waals surface area contributed by atoms with Gasteiger partial charge in [0.05, 0.1) is 10.2 Å². The van der Waals surface area contributed by atoms with Crippen LogP contribution >= 0.6 is 22.9 Å². The third-order valence-corrected chi connectivity index (χ3v) is 3.58. The number of rotatable bonds is 2. The van der Waals surface area contributed by atoms with Crippen LogP contribution in [0.2, 0.25) is 5.02 Å². The molecule has 2 heterocycles. The highest BCUT2D eigenvalue weighted by molar-refractivity contribution is 7.22. The average Bonchev–Trinajstić information content (AvgIpc) is 2.94. The first kappa shape index (κ1) is 11.9. The van der Waals surface area contributed by atoms with Crippen molar-refractivity contribution in [2.75, 3.05) is 5.32 Å². The van der Waals surface area contributed by atoms with Gasteiger partial charge in [0.2, 0.25) is 0 Å². The number of nitrogens with one attached hydrogen (secondary N) is 3. The van der Waals surface area contributed by atoms with Crippen LogP contribution in [0.4, 0.5) is 5.13 Å². The summed E-state index contributed by atoms with van der Waals surface area (Å²) >= 11 is 7.19. The van der Waals surface area contributed by atoms with E-state index < -0.39 is 5.91 Å². The van der Waals surface area contributed by atoms with E-state index in [9.17, 15) is 9.59 Å². The van der Waals surface area contributed by atoms with Crippen LogP contribution < -0.4 is 10.9 Å². The number of carbonyl (C=O) groups is 1. The largest absolute Gasteiger partial charge is 0.296 e. The van der Waals surface area contributed by atoms with Crippen LogP contribution in [-0.4, -0.2) is 21.1 Å². The molecule has 1 aromatic carbocycles. The Balaban J connectivity index is 1.89. The van der Waals surface area contributed by atoms with E-state index in [1.54, 1.807) is 18.2 Å². The Bertz CT molecular complexity index is 819. The predicted octanol–water partition coefficient (Wildman–Crippen LogP) is 2.22. The molecular weight excluding hydrogens is 288 g/mol. The molecule has 2 aromatic heterocycles. The molecule has 0 aliphatic carbocycles. The molecule has 0 bridgehead atoms. The number of hydrogen-bond acceptors (Lipinski definition) is 4. The minimum atomic E-state index is -0.427. The van der Waals surface area contributed by atoms with Gasteiger partial charge >= 0.3 is 0 Å². The Morgan fingerprint density at radius 3 is 2.89 bits per heavy atom. The van der Waals surface area contributed by atoms with Gasteiger partial charge in [-0.15, -0.1) is 0 Å². The molecular formula is C11H7ClN4O2S. The summed E-state index contributed by atoms with van der Waals surface area (Å²) in [4.78, 5) is 27.0. The van der Waals surface area contributed by atoms with Crippen LogP contribution in [0.3, 0.4) is 0 Å². The number of hydrogen-bond donors (Lipinski definition) is 3. The Labute approximate surface area is 115 Å². The summed E-state index contributed by atoms with van der Waals surface area (Å²) in [5, 5.41) is 8.45. The topological polar surface area (TPSA) is 90.6 Å². The third-order valence-electron chi connectivity index (χ3n) is 2.41. The SMILES string of the molecule is O=C(Nc1nc2ccc(Cl)cc2s1)c1cc(=O)[nH][nH]1. The molecule has 0 aliphatic rings. The lowest BCUT2D eigenvalue weighted by Crippen LogP contribution is -2.12. The maximum atomic E-state index is 11.8. The molecule has 0 fully saturated rings. The fraction of sp³-hybridized carbons (Fsp3) is 0. The lowest BCUT2D eigenvalue weighted by molar-refractivity contribution is 0.102. The monoisotopic (exact) mass is 294 g/mol. The quantitative estimate of drug-likeness (QED) is 0.677. The Hall–Kier alpha value is -2.12. The predicted molar refractivity (Wildman–Crippen MR) is 74.0 cm³/mol. The van der Waals surface area contributed by atoms with Gasteiger partial charge in [-0.3, -0.25) is 25.1 Å². The van der Waals surface area contributed by atoms with Gasteiger partial charge in [0.15, 0.2) is 5.13 Å². The molecule has 19 heavy (non-hydrogen) atoms. The van der Waals surface area contributed by atoms with E-state index in [1.807, 2.05) is 0 Å². The van der Waals surface area contributed by atoms with Crippen molar-refractivity contribution in [1.82, 2.24) is 15.2 Å². The highest BCUT2D eigenvalue weighted by Gasteiger charge is 2.11. The summed E-state index contributed by atoms with van der Waals surface area (Å²) < 4.78 is 0.880. The second kappa shape index (κ2) is 4.52. The van der Waals surface area contributed by atoms with Crippen molar-refractivity contribution >= 4 is 44.2 Å². The van der Waals surface area contributed by atoms with Gasteiger partial charge in [0.25, 0.3) is 11.5 Å². The molecule has 96 valence electrons. The number of thiazole rings is 1. The van der Waals surface area contributed by atoms with E-state index in [2.05, 4.69) is 20.5 Å². The fourth-order valence-electron chi connectivity index (χ4n) is 1.57. The van der Waals surface area contributed by atoms with Gasteiger partial charge in [0.1, 0.15) is 5.69 Å². The maximum absolute atomic E-state index is 11.8. The van der Waals surface area contributed by atoms with Crippen molar-refractivity contribution in [2.45, 2.75) is 0 Å². The van der Waals surface area contributed by atoms with Gasteiger partial charge in [-0.25, -0.2) is 4.98 Å². The normalized spacial score (nSPS) is 10.8. The summed E-state index contributed by atoms with van der Waals surface area (Å²) in [5.74, 6) is -0.427. The van der Waals surface area contributed by atoms with E-state index in [0.29, 0.717) is 10.2 Å². The third kappa shape index (κ3) is 2.38. The Morgan fingerprint density at radius 2 is 2.16 bits per heavy atom. The molecule has 3 rings (SSSR count). The smallest absolute Gasteiger partial charge is 0.275 e. The van der Waals surface area contributed by atoms with E-state index in [4.69, 9.17) is 11.6 Å². The number of aromatic amines is 2. The lowest BCUT2D eigenvalue weighted by atomic mass is 10.3. The van der Waals surface area contributed by atoms with Gasteiger partial charge < -0.3 is 0 Å². The number of H-pyrrole nitrogens is 2. The van der Waals surface area contributed by atoms with Crippen LogP contribution in [0.25, 0.3) is 10.2 Å². The Morgan fingerprint density at radius 1 is 1.32 bits per heavy atom. The number of amides is 1. The van der Waals surface area contributed by atoms with Gasteiger partial charge in [-0.2, -0.15) is 0 Å². The zero-order chi connectivity index (χ0) is 13.4. The molecule has 0 saturated carbocycles. The van der Waals surface area contributed by atoms with Crippen molar-refractivity contribution in [2.24, 2.45) is 0 Å². The molecule has 6 nitrogen and oxygen atoms in total. The number of fused-ring (bicyclic) bond motifs is 1. The lowest BCUT2D eigenvalue weighted by Gasteiger charge is -1.96. The summed E-state index contributed by atoms with van der Waals surface area (Å²) in [5.41, 5.74) is 0.552. The van der Waals surface area contributed by atoms with Crippen molar-refractivity contribution in [3.05, 3.63) is 45.3 Å². The van der Waals surface area contributed by atoms with E-state index in [0.717, 1.165) is 10.2 Å². The Kier molecular flexibility index (Phi) is 2.84. The summed E-state index contributed by atoms with van der Waals surface area (Å²) in [6.07, 6.45) is 0. The fourth-order valence-corrected chi connectivity index (χ4v) is 2.71. The second-order valence-electron chi connectivity index (χ2n) is 3.76. The number of nitrogens with zero attached hydrogens (tertiary/aromatic N) is 1.